The summed E-state index contributed by atoms with van der Waals surface area (Å²) in [5, 5.41) is 17.8. The fraction of sp³-hybridized carbons (Fsp3) is 0.387. The molecular weight excluding hydrogens is 414 g/mol. The molecule has 0 N–H and O–H groups in total. The lowest BCUT2D eigenvalue weighted by Gasteiger charge is -2.34. The number of nitriles is 1. The van der Waals surface area contributed by atoms with Gasteiger partial charge in [0.25, 0.3) is 0 Å². The highest BCUT2D eigenvalue weighted by atomic mass is 15.2. The van der Waals surface area contributed by atoms with Crippen molar-refractivity contribution in [2.75, 3.05) is 0 Å². The van der Waals surface area contributed by atoms with E-state index in [0.717, 1.165) is 61.0 Å². The molecule has 0 spiro atoms. The molecule has 1 aliphatic heterocycles. The standard InChI is InChI=1S/C29H29N3.C2H6/c1-4-13-29(14-5-2)25-16-20(15-19(3)18-30)9-11-23(25)24-12-10-21(17-26(24)29)22-7-6-8-27-28(22)32-31-27;1-2/h6-9,11,15-17H,4-5,10,12-14H2,1-3H3;1-2H3/b19-15+;. The third kappa shape index (κ3) is 3.86. The van der Waals surface area contributed by atoms with Crippen molar-refractivity contribution in [1.82, 2.24) is 0 Å². The van der Waals surface area contributed by atoms with E-state index < -0.39 is 0 Å². The van der Waals surface area contributed by atoms with Crippen LogP contribution in [0.1, 0.15) is 95.4 Å². The zero-order chi connectivity index (χ0) is 24.3. The maximum Gasteiger partial charge on any atom is 0.121 e. The number of allylic oxidation sites excluding steroid dienone is 5. The zero-order valence-electron chi connectivity index (χ0n) is 21.2. The molecule has 3 aliphatic rings. The van der Waals surface area contributed by atoms with Crippen molar-refractivity contribution < 1.29 is 0 Å². The Hall–Kier alpha value is -3.25. The van der Waals surface area contributed by atoms with E-state index in [2.05, 4.69) is 66.6 Å². The molecule has 3 nitrogen and oxygen atoms in total. The first-order chi connectivity index (χ1) is 16.6. The van der Waals surface area contributed by atoms with E-state index in [1.807, 2.05) is 32.9 Å². The van der Waals surface area contributed by atoms with E-state index >= 15 is 0 Å². The minimum Gasteiger partial charge on any atom is -0.193 e. The van der Waals surface area contributed by atoms with Crippen LogP contribution in [0.5, 0.6) is 0 Å². The van der Waals surface area contributed by atoms with E-state index in [4.69, 9.17) is 0 Å². The smallest absolute Gasteiger partial charge is 0.121 e. The van der Waals surface area contributed by atoms with Crippen LogP contribution in [0.15, 0.2) is 63.8 Å². The summed E-state index contributed by atoms with van der Waals surface area (Å²) >= 11 is 0. The van der Waals surface area contributed by atoms with Gasteiger partial charge >= 0.3 is 0 Å². The van der Waals surface area contributed by atoms with E-state index in [9.17, 15) is 5.26 Å². The van der Waals surface area contributed by atoms with Gasteiger partial charge in [-0.3, -0.25) is 0 Å². The largest absolute Gasteiger partial charge is 0.193 e. The van der Waals surface area contributed by atoms with Crippen molar-refractivity contribution in [3.05, 3.63) is 75.9 Å². The normalized spacial score (nSPS) is 16.9. The Bertz CT molecular complexity index is 1260. The lowest BCUT2D eigenvalue weighted by Crippen LogP contribution is -2.26. The number of benzene rings is 2. The van der Waals surface area contributed by atoms with Gasteiger partial charge in [0.05, 0.1) is 6.07 Å². The maximum atomic E-state index is 9.26. The summed E-state index contributed by atoms with van der Waals surface area (Å²) < 4.78 is 0. The summed E-state index contributed by atoms with van der Waals surface area (Å²) in [6, 6.07) is 15.4. The van der Waals surface area contributed by atoms with Crippen molar-refractivity contribution in [2.45, 2.75) is 78.6 Å². The second-order valence-corrected chi connectivity index (χ2v) is 9.26. The van der Waals surface area contributed by atoms with Gasteiger partial charge in [-0.1, -0.05) is 76.9 Å². The van der Waals surface area contributed by atoms with Gasteiger partial charge in [-0.25, -0.2) is 0 Å². The average Bonchev–Trinajstić information content (AvgIpc) is 3.10. The van der Waals surface area contributed by atoms with Gasteiger partial charge in [0.1, 0.15) is 11.4 Å². The Morgan fingerprint density at radius 2 is 1.79 bits per heavy atom. The molecular formula is C31H35N3. The van der Waals surface area contributed by atoms with Gasteiger partial charge in [-0.05, 0) is 78.2 Å². The van der Waals surface area contributed by atoms with E-state index in [-0.39, 0.29) is 5.41 Å². The summed E-state index contributed by atoms with van der Waals surface area (Å²) in [6.45, 7) is 10.5. The molecule has 0 bridgehead atoms. The molecule has 1 heterocycles. The molecule has 34 heavy (non-hydrogen) atoms. The maximum absolute atomic E-state index is 9.26. The van der Waals surface area contributed by atoms with Crippen LogP contribution < -0.4 is 0 Å². The summed E-state index contributed by atoms with van der Waals surface area (Å²) in [5.41, 5.74) is 12.5. The minimum absolute atomic E-state index is 0.0492. The van der Waals surface area contributed by atoms with Gasteiger partial charge in [0.15, 0.2) is 0 Å². The predicted octanol–water partition coefficient (Wildman–Crippen LogP) is 9.85. The van der Waals surface area contributed by atoms with Crippen LogP contribution in [-0.4, -0.2) is 0 Å². The Balaban J connectivity index is 0.00000133. The van der Waals surface area contributed by atoms with E-state index in [1.165, 1.54) is 33.4 Å². The molecule has 0 radical (unpaired) electrons. The lowest BCUT2D eigenvalue weighted by molar-refractivity contribution is 0.432. The van der Waals surface area contributed by atoms with Crippen molar-refractivity contribution in [3.8, 4) is 6.07 Å². The van der Waals surface area contributed by atoms with Crippen LogP contribution in [0.3, 0.4) is 0 Å². The first-order valence-electron chi connectivity index (χ1n) is 12.8. The van der Waals surface area contributed by atoms with E-state index in [1.54, 1.807) is 0 Å². The number of nitrogens with zero attached hydrogens (tertiary/aromatic N) is 3. The first kappa shape index (κ1) is 23.9. The Labute approximate surface area is 204 Å². The van der Waals surface area contributed by atoms with Crippen molar-refractivity contribution in [3.63, 3.8) is 0 Å². The zero-order valence-corrected chi connectivity index (χ0v) is 21.2. The summed E-state index contributed by atoms with van der Waals surface area (Å²) in [5.74, 6) is 0. The number of fused-ring (bicyclic) bond motifs is 3. The fourth-order valence-electron chi connectivity index (χ4n) is 5.94. The van der Waals surface area contributed by atoms with E-state index in [0.29, 0.717) is 0 Å². The Morgan fingerprint density at radius 3 is 2.44 bits per heavy atom. The van der Waals surface area contributed by atoms with Crippen molar-refractivity contribution in [2.24, 2.45) is 10.2 Å². The second kappa shape index (κ2) is 9.94. The van der Waals surface area contributed by atoms with Crippen LogP contribution in [0, 0.1) is 11.3 Å². The molecule has 5 rings (SSSR count). The van der Waals surface area contributed by atoms with Crippen LogP contribution in [-0.2, 0) is 5.41 Å². The lowest BCUT2D eigenvalue weighted by atomic mass is 9.69. The van der Waals surface area contributed by atoms with Gasteiger partial charge in [-0.2, -0.15) is 5.26 Å². The number of hydrogen-bond donors (Lipinski definition) is 0. The molecule has 0 aromatic heterocycles. The molecule has 2 aliphatic carbocycles. The van der Waals surface area contributed by atoms with Crippen molar-refractivity contribution in [1.29, 1.82) is 5.26 Å². The molecule has 0 atom stereocenters. The van der Waals surface area contributed by atoms with Crippen LogP contribution in [0.25, 0.3) is 17.2 Å². The Morgan fingerprint density at radius 1 is 1.03 bits per heavy atom. The third-order valence-electron chi connectivity index (χ3n) is 7.22. The number of azo groups is 1. The summed E-state index contributed by atoms with van der Waals surface area (Å²) in [6.07, 6.45) is 11.2. The van der Waals surface area contributed by atoms with Crippen LogP contribution in [0.4, 0.5) is 11.4 Å². The summed E-state index contributed by atoms with van der Waals surface area (Å²) in [7, 11) is 0. The molecule has 0 amide bonds. The molecule has 0 saturated heterocycles. The van der Waals surface area contributed by atoms with Crippen LogP contribution in [0.2, 0.25) is 0 Å². The third-order valence-corrected chi connectivity index (χ3v) is 7.22. The van der Waals surface area contributed by atoms with Gasteiger partial charge in [0, 0.05) is 16.6 Å². The number of hydrogen-bond acceptors (Lipinski definition) is 3. The van der Waals surface area contributed by atoms with Gasteiger partial charge < -0.3 is 0 Å². The molecule has 0 fully saturated rings. The molecule has 2 aromatic rings. The SMILES string of the molecule is CC.CCCC1(CCC)C2=C(CCC(c3cccc4c3N=N4)=C2)c2ccc(/C=C(\C)C#N)cc21. The van der Waals surface area contributed by atoms with Gasteiger partial charge in [-0.15, -0.1) is 10.2 Å². The molecule has 0 unspecified atom stereocenters. The fourth-order valence-corrected chi connectivity index (χ4v) is 5.94. The predicted molar refractivity (Wildman–Crippen MR) is 143 cm³/mol. The second-order valence-electron chi connectivity index (χ2n) is 9.26. The number of rotatable bonds is 6. The quantitative estimate of drug-likeness (QED) is 0.345. The molecule has 2 aromatic carbocycles. The highest BCUT2D eigenvalue weighted by Crippen LogP contribution is 2.57. The highest BCUT2D eigenvalue weighted by molar-refractivity contribution is 5.92. The van der Waals surface area contributed by atoms with Crippen molar-refractivity contribution >= 4 is 28.6 Å². The van der Waals surface area contributed by atoms with Gasteiger partial charge in [0.2, 0.25) is 0 Å². The monoisotopic (exact) mass is 449 g/mol. The van der Waals surface area contributed by atoms with Crippen LogP contribution >= 0.6 is 0 Å². The minimum atomic E-state index is 0.0492. The topological polar surface area (TPSA) is 48.5 Å². The summed E-state index contributed by atoms with van der Waals surface area (Å²) in [4.78, 5) is 0. The highest BCUT2D eigenvalue weighted by Gasteiger charge is 2.44. The Kier molecular flexibility index (Phi) is 6.98. The molecule has 0 saturated carbocycles. The average molecular weight is 450 g/mol. The first-order valence-corrected chi connectivity index (χ1v) is 12.8. The molecule has 174 valence electrons. The molecule has 3 heteroatoms.